The second-order valence-electron chi connectivity index (χ2n) is 11.4. The van der Waals surface area contributed by atoms with Gasteiger partial charge in [0, 0.05) is 34.1 Å². The van der Waals surface area contributed by atoms with Crippen molar-refractivity contribution >= 4 is 23.6 Å². The van der Waals surface area contributed by atoms with Crippen LogP contribution in [0.15, 0.2) is 71.8 Å². The van der Waals surface area contributed by atoms with Gasteiger partial charge < -0.3 is 9.47 Å². The van der Waals surface area contributed by atoms with Crippen LogP contribution < -0.4 is 9.47 Å². The van der Waals surface area contributed by atoms with Gasteiger partial charge in [-0.1, -0.05) is 75.4 Å². The summed E-state index contributed by atoms with van der Waals surface area (Å²) in [6, 6.07) is 18.2. The molecule has 3 aromatic carbocycles. The lowest BCUT2D eigenvalue weighted by atomic mass is 9.62. The number of hydrazone groups is 1. The Morgan fingerprint density at radius 1 is 0.872 bits per heavy atom. The van der Waals surface area contributed by atoms with Crippen molar-refractivity contribution in [1.29, 1.82) is 0 Å². The molecule has 1 saturated heterocycles. The van der Waals surface area contributed by atoms with Crippen molar-refractivity contribution in [3.63, 3.8) is 0 Å². The molecule has 0 amide bonds. The third-order valence-corrected chi connectivity index (χ3v) is 8.36. The first kappa shape index (κ1) is 25.0. The number of hydrogen-bond donors (Lipinski definition) is 0. The lowest BCUT2D eigenvalue weighted by Gasteiger charge is -2.36. The van der Waals surface area contributed by atoms with E-state index in [1.165, 1.54) is 7.11 Å². The van der Waals surface area contributed by atoms with Gasteiger partial charge in [-0.05, 0) is 17.2 Å². The first-order valence-electron chi connectivity index (χ1n) is 13.0. The van der Waals surface area contributed by atoms with E-state index in [2.05, 4.69) is 0 Å². The number of carbonyl (C=O) groups excluding carboxylic acids is 3. The minimum atomic E-state index is -1.63. The molecule has 1 unspecified atom stereocenters. The molecule has 3 aliphatic rings. The first-order chi connectivity index (χ1) is 18.7. The van der Waals surface area contributed by atoms with Crippen molar-refractivity contribution in [2.75, 3.05) is 14.2 Å². The molecule has 0 aromatic heterocycles. The van der Waals surface area contributed by atoms with E-state index in [1.54, 1.807) is 54.7 Å². The van der Waals surface area contributed by atoms with Gasteiger partial charge in [-0.25, -0.2) is 0 Å². The summed E-state index contributed by atoms with van der Waals surface area (Å²) in [6.45, 7) is 5.56. The Bertz CT molecular complexity index is 1530. The number of rotatable bonds is 4. The molecule has 2 heterocycles. The number of carbonyl (C=O) groups is 3. The fraction of sp³-hybridized carbons (Fsp3) is 0.312. The zero-order valence-electron chi connectivity index (χ0n) is 22.6. The Morgan fingerprint density at radius 3 is 2.13 bits per heavy atom. The lowest BCUT2D eigenvalue weighted by molar-refractivity contribution is -0.131. The fourth-order valence-corrected chi connectivity index (χ4v) is 6.64. The van der Waals surface area contributed by atoms with E-state index in [9.17, 15) is 14.4 Å². The van der Waals surface area contributed by atoms with Gasteiger partial charge in [0.25, 0.3) is 0 Å². The minimum absolute atomic E-state index is 0.111. The van der Waals surface area contributed by atoms with E-state index in [0.29, 0.717) is 28.2 Å². The smallest absolute Gasteiger partial charge is 0.180 e. The van der Waals surface area contributed by atoms with Crippen LogP contribution in [0.25, 0.3) is 0 Å². The minimum Gasteiger partial charge on any atom is -0.497 e. The molecular weight excluding hydrogens is 492 g/mol. The Kier molecular flexibility index (Phi) is 5.54. The number of fused-ring (bicyclic) bond motifs is 5. The molecule has 6 rings (SSSR count). The Labute approximate surface area is 227 Å². The third-order valence-electron chi connectivity index (χ3n) is 8.36. The zero-order chi connectivity index (χ0) is 27.7. The predicted molar refractivity (Wildman–Crippen MR) is 147 cm³/mol. The lowest BCUT2D eigenvalue weighted by Crippen LogP contribution is -2.45. The van der Waals surface area contributed by atoms with Gasteiger partial charge in [0.1, 0.15) is 23.0 Å². The zero-order valence-corrected chi connectivity index (χ0v) is 22.6. The van der Waals surface area contributed by atoms with Crippen molar-refractivity contribution in [2.24, 2.45) is 15.9 Å². The van der Waals surface area contributed by atoms with Crippen LogP contribution in [0.3, 0.4) is 0 Å². The molecule has 0 radical (unpaired) electrons. The molecule has 0 saturated carbocycles. The molecule has 2 aliphatic heterocycles. The van der Waals surface area contributed by atoms with Crippen LogP contribution in [-0.2, 0) is 4.79 Å². The van der Waals surface area contributed by atoms with E-state index in [0.717, 1.165) is 11.1 Å². The van der Waals surface area contributed by atoms with Crippen molar-refractivity contribution in [1.82, 2.24) is 5.01 Å². The normalized spacial score (nSPS) is 22.5. The number of hydrogen-bond acceptors (Lipinski definition) is 7. The molecule has 3 atom stereocenters. The third kappa shape index (κ3) is 3.28. The van der Waals surface area contributed by atoms with Gasteiger partial charge >= 0.3 is 0 Å². The average Bonchev–Trinajstić information content (AvgIpc) is 3.37. The van der Waals surface area contributed by atoms with E-state index >= 15 is 0 Å². The standard InChI is InChI=1S/C32H30N2O5/c1-31(2,3)30(37)26-25(23-15-14-19(38-4)16-24(23)39-5)32(28(35)21-12-8-9-13-22(21)29(32)36)27-20-11-7-6-10-18(20)17-33-34(26)27/h6-17,25-27H,1-5H3/t25-,26+,27?/m0/s1. The van der Waals surface area contributed by atoms with Crippen LogP contribution in [0.5, 0.6) is 11.5 Å². The SMILES string of the molecule is COc1ccc([C@H]2[C@H](C(=O)C(C)(C)C)N3N=Cc4ccccc4C3C23C(=O)c2ccccc2C3=O)c(OC)c1. The number of ketones is 3. The van der Waals surface area contributed by atoms with E-state index in [1.807, 2.05) is 51.1 Å². The van der Waals surface area contributed by atoms with Gasteiger partial charge in [-0.15, -0.1) is 0 Å². The molecule has 1 fully saturated rings. The second-order valence-corrected chi connectivity index (χ2v) is 11.4. The van der Waals surface area contributed by atoms with Gasteiger partial charge in [-0.3, -0.25) is 19.4 Å². The maximum atomic E-state index is 14.7. The van der Waals surface area contributed by atoms with Crippen molar-refractivity contribution in [3.05, 3.63) is 94.5 Å². The highest BCUT2D eigenvalue weighted by Gasteiger charge is 2.73. The largest absolute Gasteiger partial charge is 0.497 e. The Morgan fingerprint density at radius 2 is 1.51 bits per heavy atom. The summed E-state index contributed by atoms with van der Waals surface area (Å²) in [5.41, 5.74) is 0.542. The number of Topliss-reactive ketones (excluding diaryl/α,β-unsaturated/α-hetero) is 3. The number of benzene rings is 3. The number of methoxy groups -OCH3 is 2. The summed E-state index contributed by atoms with van der Waals surface area (Å²) >= 11 is 0. The van der Waals surface area contributed by atoms with Gasteiger partial charge in [0.2, 0.25) is 0 Å². The van der Waals surface area contributed by atoms with Gasteiger partial charge in [0.05, 0.1) is 26.5 Å². The Balaban J connectivity index is 1.73. The summed E-state index contributed by atoms with van der Waals surface area (Å²) in [7, 11) is 3.10. The number of ether oxygens (including phenoxy) is 2. The van der Waals surface area contributed by atoms with Crippen molar-refractivity contribution in [3.8, 4) is 11.5 Å². The summed E-state index contributed by atoms with van der Waals surface area (Å²) in [4.78, 5) is 43.9. The molecule has 3 aromatic rings. The molecule has 39 heavy (non-hydrogen) atoms. The molecule has 1 spiro atoms. The van der Waals surface area contributed by atoms with Crippen LogP contribution in [0.4, 0.5) is 0 Å². The monoisotopic (exact) mass is 522 g/mol. The van der Waals surface area contributed by atoms with Crippen LogP contribution >= 0.6 is 0 Å². The van der Waals surface area contributed by atoms with E-state index in [-0.39, 0.29) is 17.3 Å². The summed E-state index contributed by atoms with van der Waals surface area (Å²) in [5, 5.41) is 6.50. The summed E-state index contributed by atoms with van der Waals surface area (Å²) in [6.07, 6.45) is 1.72. The number of nitrogens with zero attached hydrogens (tertiary/aromatic N) is 2. The van der Waals surface area contributed by atoms with Gasteiger partial charge in [-0.2, -0.15) is 5.10 Å². The highest BCUT2D eigenvalue weighted by molar-refractivity contribution is 6.31. The first-order valence-corrected chi connectivity index (χ1v) is 13.0. The quantitative estimate of drug-likeness (QED) is 0.436. The topological polar surface area (TPSA) is 85.3 Å². The maximum absolute atomic E-state index is 14.7. The average molecular weight is 523 g/mol. The summed E-state index contributed by atoms with van der Waals surface area (Å²) < 4.78 is 11.3. The van der Waals surface area contributed by atoms with E-state index < -0.39 is 28.8 Å². The second kappa shape index (κ2) is 8.63. The van der Waals surface area contributed by atoms with Crippen LogP contribution in [-0.4, -0.2) is 48.8 Å². The van der Waals surface area contributed by atoms with Crippen LogP contribution in [0.2, 0.25) is 0 Å². The van der Waals surface area contributed by atoms with E-state index in [4.69, 9.17) is 14.6 Å². The molecule has 198 valence electrons. The Hall–Kier alpha value is -4.26. The highest BCUT2D eigenvalue weighted by Crippen LogP contribution is 2.66. The molecule has 0 N–H and O–H groups in total. The van der Waals surface area contributed by atoms with Crippen molar-refractivity contribution in [2.45, 2.75) is 38.8 Å². The maximum Gasteiger partial charge on any atom is 0.180 e. The summed E-state index contributed by atoms with van der Waals surface area (Å²) in [5.74, 6) is -0.561. The van der Waals surface area contributed by atoms with Crippen LogP contribution in [0.1, 0.15) is 70.1 Å². The van der Waals surface area contributed by atoms with Gasteiger partial charge in [0.15, 0.2) is 17.3 Å². The van der Waals surface area contributed by atoms with Crippen molar-refractivity contribution < 1.29 is 23.9 Å². The van der Waals surface area contributed by atoms with Crippen LogP contribution in [0, 0.1) is 10.8 Å². The molecule has 0 bridgehead atoms. The molecular formula is C32H30N2O5. The molecule has 7 heteroatoms. The molecule has 7 nitrogen and oxygen atoms in total. The molecule has 1 aliphatic carbocycles. The fourth-order valence-electron chi connectivity index (χ4n) is 6.64. The highest BCUT2D eigenvalue weighted by atomic mass is 16.5. The predicted octanol–water partition coefficient (Wildman–Crippen LogP) is 5.24.